The number of halogens is 1. The molecular formula is C8H8IN3O. The molecule has 0 spiro atoms. The Morgan fingerprint density at radius 1 is 1.54 bits per heavy atom. The molecule has 1 N–H and O–H groups in total. The van der Waals surface area contributed by atoms with E-state index in [0.29, 0.717) is 6.54 Å². The maximum Gasteiger partial charge on any atom is 0.322 e. The number of nitrogens with zero attached hydrogens (tertiary/aromatic N) is 2. The van der Waals surface area contributed by atoms with Gasteiger partial charge < -0.3 is 5.32 Å². The van der Waals surface area contributed by atoms with Crippen molar-refractivity contribution in [1.82, 2.24) is 10.3 Å². The van der Waals surface area contributed by atoms with Crippen LogP contribution < -0.4 is 10.2 Å². The van der Waals surface area contributed by atoms with E-state index in [0.717, 1.165) is 15.9 Å². The van der Waals surface area contributed by atoms with Crippen LogP contribution in [0.4, 0.5) is 10.5 Å². The molecule has 68 valence electrons. The van der Waals surface area contributed by atoms with Crippen LogP contribution in [0.25, 0.3) is 0 Å². The molecule has 0 unspecified atom stereocenters. The molecule has 1 saturated heterocycles. The van der Waals surface area contributed by atoms with Crippen molar-refractivity contribution < 1.29 is 4.79 Å². The number of urea groups is 1. The SMILES string of the molecule is O=C1NCCN1c1ccc(I)nc1. The van der Waals surface area contributed by atoms with Crippen LogP contribution in [0.5, 0.6) is 0 Å². The molecule has 1 aromatic heterocycles. The topological polar surface area (TPSA) is 45.2 Å². The highest BCUT2D eigenvalue weighted by atomic mass is 127. The van der Waals surface area contributed by atoms with E-state index in [1.165, 1.54) is 0 Å². The molecule has 4 nitrogen and oxygen atoms in total. The normalized spacial score (nSPS) is 16.1. The zero-order valence-corrected chi connectivity index (χ0v) is 8.98. The van der Waals surface area contributed by atoms with Crippen LogP contribution in [0.1, 0.15) is 0 Å². The minimum Gasteiger partial charge on any atom is -0.336 e. The Kier molecular flexibility index (Phi) is 2.34. The molecule has 1 fully saturated rings. The zero-order valence-electron chi connectivity index (χ0n) is 6.83. The molecule has 0 atom stereocenters. The summed E-state index contributed by atoms with van der Waals surface area (Å²) in [5.41, 5.74) is 0.857. The van der Waals surface area contributed by atoms with Crippen LogP contribution >= 0.6 is 22.6 Å². The molecule has 1 aromatic rings. The number of aromatic nitrogens is 1. The van der Waals surface area contributed by atoms with Gasteiger partial charge in [-0.3, -0.25) is 4.90 Å². The molecule has 1 aliphatic rings. The van der Waals surface area contributed by atoms with E-state index in [9.17, 15) is 4.79 Å². The summed E-state index contributed by atoms with van der Waals surface area (Å²) in [5, 5.41) is 2.74. The molecule has 0 saturated carbocycles. The standard InChI is InChI=1S/C8H8IN3O/c9-7-2-1-6(5-11-7)12-4-3-10-8(12)13/h1-2,5H,3-4H2,(H,10,13). The summed E-state index contributed by atoms with van der Waals surface area (Å²) in [7, 11) is 0. The van der Waals surface area contributed by atoms with E-state index in [4.69, 9.17) is 0 Å². The van der Waals surface area contributed by atoms with Gasteiger partial charge in [0.05, 0.1) is 11.9 Å². The Bertz CT molecular complexity index is 325. The largest absolute Gasteiger partial charge is 0.336 e. The lowest BCUT2D eigenvalue weighted by molar-refractivity contribution is 0.252. The second-order valence-electron chi connectivity index (χ2n) is 2.72. The Labute approximate surface area is 89.5 Å². The Balaban J connectivity index is 2.25. The van der Waals surface area contributed by atoms with Crippen molar-refractivity contribution >= 4 is 34.3 Å². The second-order valence-corrected chi connectivity index (χ2v) is 3.83. The molecule has 1 aliphatic heterocycles. The minimum atomic E-state index is -0.0389. The fourth-order valence-corrected chi connectivity index (χ4v) is 1.56. The van der Waals surface area contributed by atoms with Crippen molar-refractivity contribution in [2.24, 2.45) is 0 Å². The highest BCUT2D eigenvalue weighted by molar-refractivity contribution is 14.1. The van der Waals surface area contributed by atoms with Gasteiger partial charge in [0.2, 0.25) is 0 Å². The fraction of sp³-hybridized carbons (Fsp3) is 0.250. The zero-order chi connectivity index (χ0) is 9.26. The van der Waals surface area contributed by atoms with Gasteiger partial charge in [0, 0.05) is 13.1 Å². The summed E-state index contributed by atoms with van der Waals surface area (Å²) in [6.07, 6.45) is 1.71. The number of hydrogen-bond acceptors (Lipinski definition) is 2. The lowest BCUT2D eigenvalue weighted by atomic mass is 10.4. The van der Waals surface area contributed by atoms with E-state index in [1.807, 2.05) is 12.1 Å². The number of nitrogens with one attached hydrogen (secondary N) is 1. The summed E-state index contributed by atoms with van der Waals surface area (Å²) in [5.74, 6) is 0. The second kappa shape index (κ2) is 3.49. The van der Waals surface area contributed by atoms with Crippen molar-refractivity contribution in [1.29, 1.82) is 0 Å². The molecule has 2 amide bonds. The molecule has 13 heavy (non-hydrogen) atoms. The van der Waals surface area contributed by atoms with Gasteiger partial charge >= 0.3 is 6.03 Å². The lowest BCUT2D eigenvalue weighted by Crippen LogP contribution is -2.27. The van der Waals surface area contributed by atoms with E-state index >= 15 is 0 Å². The van der Waals surface area contributed by atoms with Gasteiger partial charge in [-0.05, 0) is 34.7 Å². The van der Waals surface area contributed by atoms with E-state index in [-0.39, 0.29) is 6.03 Å². The number of hydrogen-bond donors (Lipinski definition) is 1. The Morgan fingerprint density at radius 3 is 2.92 bits per heavy atom. The van der Waals surface area contributed by atoms with Gasteiger partial charge in [0.15, 0.2) is 0 Å². The lowest BCUT2D eigenvalue weighted by Gasteiger charge is -2.12. The average molecular weight is 289 g/mol. The maximum absolute atomic E-state index is 11.2. The number of anilines is 1. The number of rotatable bonds is 1. The highest BCUT2D eigenvalue weighted by Gasteiger charge is 2.20. The molecule has 2 heterocycles. The van der Waals surface area contributed by atoms with Crippen molar-refractivity contribution in [3.63, 3.8) is 0 Å². The van der Waals surface area contributed by atoms with E-state index in [2.05, 4.69) is 32.9 Å². The quantitative estimate of drug-likeness (QED) is 0.624. The molecule has 2 rings (SSSR count). The fourth-order valence-electron chi connectivity index (χ4n) is 1.25. The third-order valence-corrected chi connectivity index (χ3v) is 2.52. The number of carbonyl (C=O) groups is 1. The van der Waals surface area contributed by atoms with E-state index in [1.54, 1.807) is 11.1 Å². The van der Waals surface area contributed by atoms with Gasteiger partial charge in [-0.25, -0.2) is 9.78 Å². The maximum atomic E-state index is 11.2. The first-order valence-electron chi connectivity index (χ1n) is 3.94. The molecule has 0 aromatic carbocycles. The van der Waals surface area contributed by atoms with Crippen LogP contribution in [0.3, 0.4) is 0 Å². The van der Waals surface area contributed by atoms with Crippen molar-refractivity contribution in [3.8, 4) is 0 Å². The van der Waals surface area contributed by atoms with Gasteiger partial charge in [-0.15, -0.1) is 0 Å². The first-order chi connectivity index (χ1) is 6.27. The number of carbonyl (C=O) groups excluding carboxylic acids is 1. The number of amides is 2. The van der Waals surface area contributed by atoms with E-state index < -0.39 is 0 Å². The van der Waals surface area contributed by atoms with Crippen LogP contribution in [0, 0.1) is 3.70 Å². The molecule has 5 heteroatoms. The smallest absolute Gasteiger partial charge is 0.322 e. The van der Waals surface area contributed by atoms with Gasteiger partial charge in [-0.2, -0.15) is 0 Å². The monoisotopic (exact) mass is 289 g/mol. The van der Waals surface area contributed by atoms with Crippen molar-refractivity contribution in [2.75, 3.05) is 18.0 Å². The van der Waals surface area contributed by atoms with Gasteiger partial charge in [0.25, 0.3) is 0 Å². The molecule has 0 bridgehead atoms. The summed E-state index contributed by atoms with van der Waals surface area (Å²) in [6.45, 7) is 1.44. The number of pyridine rings is 1. The first-order valence-corrected chi connectivity index (χ1v) is 5.02. The van der Waals surface area contributed by atoms with Crippen LogP contribution in [0.15, 0.2) is 18.3 Å². The van der Waals surface area contributed by atoms with Crippen LogP contribution in [0.2, 0.25) is 0 Å². The predicted octanol–water partition coefficient (Wildman–Crippen LogP) is 1.22. The predicted molar refractivity (Wildman–Crippen MR) is 57.7 cm³/mol. The van der Waals surface area contributed by atoms with Crippen LogP contribution in [-0.4, -0.2) is 24.1 Å². The minimum absolute atomic E-state index is 0.0389. The van der Waals surface area contributed by atoms with Crippen molar-refractivity contribution in [3.05, 3.63) is 22.0 Å². The van der Waals surface area contributed by atoms with Crippen molar-refractivity contribution in [2.45, 2.75) is 0 Å². The van der Waals surface area contributed by atoms with Gasteiger partial charge in [0.1, 0.15) is 3.70 Å². The Hall–Kier alpha value is -0.850. The molecular weight excluding hydrogens is 281 g/mol. The summed E-state index contributed by atoms with van der Waals surface area (Å²) < 4.78 is 0.931. The highest BCUT2D eigenvalue weighted by Crippen LogP contribution is 2.15. The third kappa shape index (κ3) is 1.74. The summed E-state index contributed by atoms with van der Waals surface area (Å²) >= 11 is 2.13. The molecule has 0 radical (unpaired) electrons. The third-order valence-electron chi connectivity index (χ3n) is 1.88. The Morgan fingerprint density at radius 2 is 2.38 bits per heavy atom. The average Bonchev–Trinajstić information content (AvgIpc) is 2.53. The summed E-state index contributed by atoms with van der Waals surface area (Å²) in [6, 6.07) is 3.75. The van der Waals surface area contributed by atoms with Gasteiger partial charge in [-0.1, -0.05) is 0 Å². The van der Waals surface area contributed by atoms with Crippen LogP contribution in [-0.2, 0) is 0 Å². The molecule has 0 aliphatic carbocycles. The summed E-state index contributed by atoms with van der Waals surface area (Å²) in [4.78, 5) is 17.1. The first kappa shape index (κ1) is 8.74.